The minimum atomic E-state index is 0.240. The molecule has 1 unspecified atom stereocenters. The van der Waals surface area contributed by atoms with Gasteiger partial charge in [-0.15, -0.1) is 0 Å². The van der Waals surface area contributed by atoms with Crippen LogP contribution in [0.15, 0.2) is 18.2 Å². The fourth-order valence-corrected chi connectivity index (χ4v) is 4.25. The summed E-state index contributed by atoms with van der Waals surface area (Å²) in [4.78, 5) is 2.75. The fourth-order valence-electron chi connectivity index (χ4n) is 4.25. The van der Waals surface area contributed by atoms with Crippen molar-refractivity contribution in [2.75, 3.05) is 20.1 Å². The molecule has 2 rings (SSSR count). The van der Waals surface area contributed by atoms with E-state index in [9.17, 15) is 0 Å². The average Bonchev–Trinajstić information content (AvgIpc) is 3.03. The van der Waals surface area contributed by atoms with Crippen molar-refractivity contribution in [3.8, 4) is 0 Å². The molecule has 0 aromatic heterocycles. The van der Waals surface area contributed by atoms with E-state index in [0.717, 1.165) is 0 Å². The highest BCUT2D eigenvalue weighted by atomic mass is 15.2. The first-order valence-electron chi connectivity index (χ1n) is 8.59. The summed E-state index contributed by atoms with van der Waals surface area (Å²) in [6.07, 6.45) is 5.10. The molecule has 1 saturated heterocycles. The van der Waals surface area contributed by atoms with Crippen molar-refractivity contribution in [1.29, 1.82) is 0 Å². The zero-order valence-corrected chi connectivity index (χ0v) is 14.5. The van der Waals surface area contributed by atoms with E-state index >= 15 is 0 Å². The normalized spacial score (nSPS) is 18.1. The number of benzene rings is 1. The molecule has 1 aromatic carbocycles. The standard InChI is InChI=1S/C19H32N2/c1-6-19(7-2,21-13-8-9-14-21)18(20-5)17-12-10-11-15(3)16(17)4/h10-12,18,20H,6-9,13-14H2,1-5H3. The molecular weight excluding hydrogens is 256 g/mol. The van der Waals surface area contributed by atoms with Crippen molar-refractivity contribution in [3.63, 3.8) is 0 Å². The van der Waals surface area contributed by atoms with Crippen molar-refractivity contribution in [1.82, 2.24) is 10.2 Å². The van der Waals surface area contributed by atoms with E-state index in [2.05, 4.69) is 63.2 Å². The molecule has 0 bridgehead atoms. The molecule has 1 heterocycles. The predicted molar refractivity (Wildman–Crippen MR) is 91.8 cm³/mol. The Morgan fingerprint density at radius 2 is 1.76 bits per heavy atom. The van der Waals surface area contributed by atoms with Gasteiger partial charge in [0.15, 0.2) is 0 Å². The highest BCUT2D eigenvalue weighted by Crippen LogP contribution is 2.40. The van der Waals surface area contributed by atoms with E-state index in [0.29, 0.717) is 6.04 Å². The Kier molecular flexibility index (Phi) is 5.45. The summed E-state index contributed by atoms with van der Waals surface area (Å²) in [5.74, 6) is 0. The molecule has 0 spiro atoms. The van der Waals surface area contributed by atoms with Crippen molar-refractivity contribution in [2.24, 2.45) is 0 Å². The third-order valence-electron chi connectivity index (χ3n) is 5.74. The zero-order chi connectivity index (χ0) is 15.5. The van der Waals surface area contributed by atoms with E-state index in [4.69, 9.17) is 0 Å². The second-order valence-corrected chi connectivity index (χ2v) is 6.52. The lowest BCUT2D eigenvalue weighted by molar-refractivity contribution is 0.0644. The molecule has 1 atom stereocenters. The van der Waals surface area contributed by atoms with E-state index in [1.54, 1.807) is 0 Å². The number of likely N-dealkylation sites (tertiary alicyclic amines) is 1. The Morgan fingerprint density at radius 1 is 1.14 bits per heavy atom. The van der Waals surface area contributed by atoms with Gasteiger partial charge in [0.1, 0.15) is 0 Å². The number of rotatable bonds is 6. The van der Waals surface area contributed by atoms with Crippen LogP contribution in [0.2, 0.25) is 0 Å². The van der Waals surface area contributed by atoms with Gasteiger partial charge in [0.05, 0.1) is 6.04 Å². The largest absolute Gasteiger partial charge is 0.311 e. The summed E-state index contributed by atoms with van der Waals surface area (Å²) in [7, 11) is 2.13. The van der Waals surface area contributed by atoms with Crippen LogP contribution in [0.5, 0.6) is 0 Å². The number of nitrogens with one attached hydrogen (secondary N) is 1. The van der Waals surface area contributed by atoms with Gasteiger partial charge in [-0.1, -0.05) is 32.0 Å². The first kappa shape index (κ1) is 16.5. The first-order chi connectivity index (χ1) is 10.1. The topological polar surface area (TPSA) is 15.3 Å². The van der Waals surface area contributed by atoms with E-state index in [-0.39, 0.29) is 5.54 Å². The van der Waals surface area contributed by atoms with Crippen LogP contribution < -0.4 is 5.32 Å². The highest BCUT2D eigenvalue weighted by Gasteiger charge is 2.42. The fraction of sp³-hybridized carbons (Fsp3) is 0.684. The maximum absolute atomic E-state index is 3.66. The van der Waals surface area contributed by atoms with Crippen LogP contribution in [0.4, 0.5) is 0 Å². The van der Waals surface area contributed by atoms with Crippen molar-refractivity contribution >= 4 is 0 Å². The summed E-state index contributed by atoms with van der Waals surface area (Å²) in [5, 5.41) is 3.66. The molecule has 0 saturated carbocycles. The van der Waals surface area contributed by atoms with Gasteiger partial charge >= 0.3 is 0 Å². The second kappa shape index (κ2) is 6.93. The van der Waals surface area contributed by atoms with Gasteiger partial charge in [0.25, 0.3) is 0 Å². The van der Waals surface area contributed by atoms with Crippen LogP contribution >= 0.6 is 0 Å². The van der Waals surface area contributed by atoms with Crippen LogP contribution in [0.3, 0.4) is 0 Å². The molecule has 1 fully saturated rings. The van der Waals surface area contributed by atoms with E-state index < -0.39 is 0 Å². The lowest BCUT2D eigenvalue weighted by Gasteiger charge is -2.47. The Bertz CT molecular complexity index is 457. The number of aryl methyl sites for hydroxylation is 1. The van der Waals surface area contributed by atoms with Gasteiger partial charge in [-0.25, -0.2) is 0 Å². The number of hydrogen-bond acceptors (Lipinski definition) is 2. The summed E-state index contributed by atoms with van der Waals surface area (Å²) in [5.41, 5.74) is 4.56. The van der Waals surface area contributed by atoms with Crippen molar-refractivity contribution < 1.29 is 0 Å². The highest BCUT2D eigenvalue weighted by molar-refractivity contribution is 5.37. The lowest BCUT2D eigenvalue weighted by Crippen LogP contribution is -2.54. The smallest absolute Gasteiger partial charge is 0.0507 e. The van der Waals surface area contributed by atoms with Gasteiger partial charge in [0, 0.05) is 5.54 Å². The number of likely N-dealkylation sites (N-methyl/N-ethyl adjacent to an activating group) is 1. The van der Waals surface area contributed by atoms with Gasteiger partial charge in [-0.2, -0.15) is 0 Å². The molecule has 1 aliphatic rings. The monoisotopic (exact) mass is 288 g/mol. The van der Waals surface area contributed by atoms with Gasteiger partial charge in [-0.05, 0) is 76.4 Å². The molecule has 1 aromatic rings. The lowest BCUT2D eigenvalue weighted by atomic mass is 9.77. The molecule has 1 N–H and O–H groups in total. The van der Waals surface area contributed by atoms with E-state index in [1.165, 1.54) is 55.5 Å². The summed E-state index contributed by atoms with van der Waals surface area (Å²) < 4.78 is 0. The van der Waals surface area contributed by atoms with Gasteiger partial charge < -0.3 is 5.32 Å². The Hall–Kier alpha value is -0.860. The molecule has 1 aliphatic heterocycles. The SMILES string of the molecule is CCC(CC)(C(NC)c1cccc(C)c1C)N1CCCC1. The van der Waals surface area contributed by atoms with Crippen LogP contribution in [-0.2, 0) is 0 Å². The number of hydrogen-bond donors (Lipinski definition) is 1. The Morgan fingerprint density at radius 3 is 2.29 bits per heavy atom. The van der Waals surface area contributed by atoms with E-state index in [1.807, 2.05) is 0 Å². The quantitative estimate of drug-likeness (QED) is 0.843. The molecular formula is C19H32N2. The Labute approximate surface area is 130 Å². The maximum atomic E-state index is 3.66. The molecule has 118 valence electrons. The van der Waals surface area contributed by atoms with Crippen LogP contribution in [0, 0.1) is 13.8 Å². The first-order valence-corrected chi connectivity index (χ1v) is 8.59. The third kappa shape index (κ3) is 2.89. The minimum absolute atomic E-state index is 0.240. The third-order valence-corrected chi connectivity index (χ3v) is 5.74. The molecule has 21 heavy (non-hydrogen) atoms. The summed E-state index contributed by atoms with van der Waals surface area (Å²) >= 11 is 0. The molecule has 0 amide bonds. The van der Waals surface area contributed by atoms with Gasteiger partial charge in [-0.3, -0.25) is 4.90 Å². The number of nitrogens with zero attached hydrogens (tertiary/aromatic N) is 1. The predicted octanol–water partition coefficient (Wildman–Crippen LogP) is 4.22. The molecule has 2 heteroatoms. The Balaban J connectivity index is 2.46. The van der Waals surface area contributed by atoms with Crippen molar-refractivity contribution in [2.45, 2.75) is 65.0 Å². The average molecular weight is 288 g/mol. The molecule has 0 radical (unpaired) electrons. The maximum Gasteiger partial charge on any atom is 0.0507 e. The van der Waals surface area contributed by atoms with Gasteiger partial charge in [0.2, 0.25) is 0 Å². The molecule has 0 aliphatic carbocycles. The summed E-state index contributed by atoms with van der Waals surface area (Å²) in [6, 6.07) is 7.16. The van der Waals surface area contributed by atoms with Crippen LogP contribution in [0.1, 0.15) is 62.3 Å². The molecule has 2 nitrogen and oxygen atoms in total. The van der Waals surface area contributed by atoms with Crippen LogP contribution in [0.25, 0.3) is 0 Å². The van der Waals surface area contributed by atoms with Crippen LogP contribution in [-0.4, -0.2) is 30.6 Å². The van der Waals surface area contributed by atoms with Crippen molar-refractivity contribution in [3.05, 3.63) is 34.9 Å². The minimum Gasteiger partial charge on any atom is -0.311 e. The second-order valence-electron chi connectivity index (χ2n) is 6.52. The summed E-state index contributed by atoms with van der Waals surface area (Å²) in [6.45, 7) is 11.7. The zero-order valence-electron chi connectivity index (χ0n) is 14.5.